The lowest BCUT2D eigenvalue weighted by Gasteiger charge is -2.28. The number of amides is 2. The Morgan fingerprint density at radius 3 is 2.80 bits per heavy atom. The molecule has 1 aliphatic heterocycles. The van der Waals surface area contributed by atoms with Crippen molar-refractivity contribution in [2.24, 2.45) is 7.05 Å². The van der Waals surface area contributed by atoms with Gasteiger partial charge in [-0.05, 0) is 39.0 Å². The Kier molecular flexibility index (Phi) is 6.62. The number of nitrogens with one attached hydrogen (secondary N) is 1. The highest BCUT2D eigenvalue weighted by molar-refractivity contribution is 5.94. The van der Waals surface area contributed by atoms with Crippen LogP contribution >= 0.6 is 0 Å². The van der Waals surface area contributed by atoms with Gasteiger partial charge in [0, 0.05) is 37.8 Å². The molecule has 1 N–H and O–H groups in total. The van der Waals surface area contributed by atoms with Gasteiger partial charge in [0.25, 0.3) is 5.91 Å². The zero-order valence-electron chi connectivity index (χ0n) is 22.6. The van der Waals surface area contributed by atoms with E-state index < -0.39 is 17.5 Å². The molecule has 0 aliphatic carbocycles. The lowest BCUT2D eigenvalue weighted by molar-refractivity contribution is 0.0574. The molecule has 4 heterocycles. The predicted octanol–water partition coefficient (Wildman–Crippen LogP) is 3.38. The second-order valence-electron chi connectivity index (χ2n) is 10.2. The third-order valence-electron chi connectivity index (χ3n) is 6.31. The highest BCUT2D eigenvalue weighted by Crippen LogP contribution is 2.33. The molecule has 1 aliphatic rings. The second-order valence-corrected chi connectivity index (χ2v) is 10.2. The minimum absolute atomic E-state index is 0.0617. The molecule has 0 bridgehead atoms. The quantitative estimate of drug-likeness (QED) is 0.402. The van der Waals surface area contributed by atoms with Gasteiger partial charge in [0.05, 0.1) is 30.6 Å². The Labute approximate surface area is 229 Å². The molecule has 0 saturated heterocycles. The van der Waals surface area contributed by atoms with E-state index in [2.05, 4.69) is 20.4 Å². The SMILES string of the molecule is CNC(=O)c1cc(-c2cnc(N(Cc3c(F)ccc4c3CCO4)C(=O)OC(C)(C)C)n3cc(C#N)nc23)n(C)n1. The maximum atomic E-state index is 15.2. The van der Waals surface area contributed by atoms with Crippen LogP contribution in [-0.2, 0) is 24.8 Å². The van der Waals surface area contributed by atoms with Crippen molar-refractivity contribution < 1.29 is 23.5 Å². The highest BCUT2D eigenvalue weighted by Gasteiger charge is 2.31. The Morgan fingerprint density at radius 2 is 2.10 bits per heavy atom. The Bertz CT molecular complexity index is 1700. The number of imidazole rings is 1. The van der Waals surface area contributed by atoms with Crippen LogP contribution in [0.3, 0.4) is 0 Å². The van der Waals surface area contributed by atoms with Gasteiger partial charge in [0.15, 0.2) is 17.0 Å². The van der Waals surface area contributed by atoms with Crippen LogP contribution in [0.25, 0.3) is 16.9 Å². The molecule has 0 radical (unpaired) electrons. The number of carbonyl (C=O) groups excluding carboxylic acids is 2. The lowest BCUT2D eigenvalue weighted by atomic mass is 10.0. The van der Waals surface area contributed by atoms with Gasteiger partial charge in [0.1, 0.15) is 23.2 Å². The predicted molar refractivity (Wildman–Crippen MR) is 141 cm³/mol. The Balaban J connectivity index is 1.68. The number of fused-ring (bicyclic) bond motifs is 2. The first-order valence-electron chi connectivity index (χ1n) is 12.5. The van der Waals surface area contributed by atoms with Crippen LogP contribution in [0.1, 0.15) is 48.1 Å². The molecule has 0 unspecified atom stereocenters. The standard InChI is InChI=1S/C27H27FN8O4/c1-27(2,3)40-26(38)36(14-18-16-8-9-39-22(16)7-6-19(18)28)25-31-12-17(23-32-15(11-29)13-35(23)25)21-10-20(24(37)30-4)33-34(21)5/h6-7,10,12-13H,8-9,14H2,1-5H3,(H,30,37). The third kappa shape index (κ3) is 4.79. The number of anilines is 1. The average Bonchev–Trinajstić information content (AvgIpc) is 3.64. The highest BCUT2D eigenvalue weighted by atomic mass is 19.1. The number of ether oxygens (including phenoxy) is 2. The summed E-state index contributed by atoms with van der Waals surface area (Å²) in [6.07, 6.45) is 2.63. The number of hydrogen-bond donors (Lipinski definition) is 1. The van der Waals surface area contributed by atoms with Gasteiger partial charge in [0.2, 0.25) is 5.95 Å². The van der Waals surface area contributed by atoms with Crippen molar-refractivity contribution in [3.8, 4) is 23.1 Å². The van der Waals surface area contributed by atoms with E-state index in [1.165, 1.54) is 39.5 Å². The number of carbonyl (C=O) groups is 2. The fraction of sp³-hybridized carbons (Fsp3) is 0.333. The zero-order valence-corrected chi connectivity index (χ0v) is 22.6. The van der Waals surface area contributed by atoms with Crippen molar-refractivity contribution in [3.63, 3.8) is 0 Å². The first-order chi connectivity index (χ1) is 19.0. The summed E-state index contributed by atoms with van der Waals surface area (Å²) in [5.41, 5.74) is 1.58. The molecular formula is C27H27FN8O4. The molecule has 13 heteroatoms. The number of aromatic nitrogens is 5. The van der Waals surface area contributed by atoms with Gasteiger partial charge in [-0.3, -0.25) is 13.9 Å². The molecule has 0 atom stereocenters. The summed E-state index contributed by atoms with van der Waals surface area (Å²) in [6, 6.07) is 6.46. The minimum atomic E-state index is -0.855. The summed E-state index contributed by atoms with van der Waals surface area (Å²) in [5, 5.41) is 16.4. The number of rotatable bonds is 5. The van der Waals surface area contributed by atoms with Crippen LogP contribution in [0.4, 0.5) is 15.1 Å². The van der Waals surface area contributed by atoms with Crippen molar-refractivity contribution in [2.45, 2.75) is 39.3 Å². The molecule has 40 heavy (non-hydrogen) atoms. The van der Waals surface area contributed by atoms with E-state index in [1.807, 2.05) is 6.07 Å². The molecule has 5 rings (SSSR count). The maximum Gasteiger partial charge on any atom is 0.417 e. The molecule has 0 fully saturated rings. The first kappa shape index (κ1) is 26.6. The normalized spacial score (nSPS) is 12.5. The fourth-order valence-corrected chi connectivity index (χ4v) is 4.54. The Morgan fingerprint density at radius 1 is 1.32 bits per heavy atom. The minimum Gasteiger partial charge on any atom is -0.493 e. The monoisotopic (exact) mass is 546 g/mol. The fourth-order valence-electron chi connectivity index (χ4n) is 4.54. The summed E-state index contributed by atoms with van der Waals surface area (Å²) < 4.78 is 29.4. The summed E-state index contributed by atoms with van der Waals surface area (Å²) in [5.74, 6) is -0.246. The molecule has 1 aromatic carbocycles. The van der Waals surface area contributed by atoms with Crippen molar-refractivity contribution in [1.82, 2.24) is 29.5 Å². The largest absolute Gasteiger partial charge is 0.493 e. The van der Waals surface area contributed by atoms with Gasteiger partial charge in [-0.2, -0.15) is 10.4 Å². The number of halogens is 1. The van der Waals surface area contributed by atoms with E-state index >= 15 is 4.39 Å². The number of benzene rings is 1. The van der Waals surface area contributed by atoms with Crippen LogP contribution in [0.2, 0.25) is 0 Å². The maximum absolute atomic E-state index is 15.2. The van der Waals surface area contributed by atoms with E-state index in [-0.39, 0.29) is 41.0 Å². The molecule has 4 aromatic rings. The molecule has 12 nitrogen and oxygen atoms in total. The summed E-state index contributed by atoms with van der Waals surface area (Å²) in [7, 11) is 3.16. The van der Waals surface area contributed by atoms with Crippen LogP contribution in [0, 0.1) is 17.1 Å². The van der Waals surface area contributed by atoms with Crippen molar-refractivity contribution in [1.29, 1.82) is 5.26 Å². The first-order valence-corrected chi connectivity index (χ1v) is 12.5. The molecule has 3 aromatic heterocycles. The smallest absolute Gasteiger partial charge is 0.417 e. The number of nitrogens with zero attached hydrogens (tertiary/aromatic N) is 7. The van der Waals surface area contributed by atoms with Crippen LogP contribution in [-0.4, -0.2) is 55.4 Å². The molecule has 0 saturated carbocycles. The molecule has 0 spiro atoms. The summed E-state index contributed by atoms with van der Waals surface area (Å²) in [6.45, 7) is 5.37. The third-order valence-corrected chi connectivity index (χ3v) is 6.31. The summed E-state index contributed by atoms with van der Waals surface area (Å²) in [4.78, 5) is 35.9. The van der Waals surface area contributed by atoms with Gasteiger partial charge in [-0.1, -0.05) is 0 Å². The van der Waals surface area contributed by atoms with Crippen molar-refractivity contribution in [3.05, 3.63) is 58.9 Å². The van der Waals surface area contributed by atoms with Crippen LogP contribution in [0.15, 0.2) is 30.6 Å². The Hall–Kier alpha value is -4.99. The van der Waals surface area contributed by atoms with E-state index in [1.54, 1.807) is 40.0 Å². The molecular weight excluding hydrogens is 519 g/mol. The van der Waals surface area contributed by atoms with Crippen molar-refractivity contribution >= 4 is 23.6 Å². The van der Waals surface area contributed by atoms with Crippen molar-refractivity contribution in [2.75, 3.05) is 18.6 Å². The zero-order chi connectivity index (χ0) is 28.8. The van der Waals surface area contributed by atoms with E-state index in [0.717, 1.165) is 0 Å². The van der Waals surface area contributed by atoms with Crippen LogP contribution < -0.4 is 15.0 Å². The topological polar surface area (TPSA) is 140 Å². The van der Waals surface area contributed by atoms with Gasteiger partial charge in [-0.25, -0.2) is 24.1 Å². The van der Waals surface area contributed by atoms with Crippen LogP contribution in [0.5, 0.6) is 5.75 Å². The van der Waals surface area contributed by atoms with E-state index in [4.69, 9.17) is 9.47 Å². The number of aryl methyl sites for hydroxylation is 1. The van der Waals surface area contributed by atoms with Gasteiger partial charge in [-0.15, -0.1) is 0 Å². The molecule has 2 amide bonds. The average molecular weight is 547 g/mol. The van der Waals surface area contributed by atoms with E-state index in [9.17, 15) is 14.9 Å². The summed E-state index contributed by atoms with van der Waals surface area (Å²) >= 11 is 0. The second kappa shape index (κ2) is 9.96. The van der Waals surface area contributed by atoms with Gasteiger partial charge >= 0.3 is 6.09 Å². The molecule has 206 valence electrons. The van der Waals surface area contributed by atoms with Gasteiger partial charge < -0.3 is 14.8 Å². The number of hydrogen-bond acceptors (Lipinski definition) is 8. The number of nitriles is 1. The lowest BCUT2D eigenvalue weighted by Crippen LogP contribution is -2.38. The van der Waals surface area contributed by atoms with E-state index in [0.29, 0.717) is 35.6 Å².